The Morgan fingerprint density at radius 3 is 2.20 bits per heavy atom. The van der Waals surface area contributed by atoms with Gasteiger partial charge in [-0.25, -0.2) is 4.79 Å². The van der Waals surface area contributed by atoms with Crippen LogP contribution in [0.2, 0.25) is 0 Å². The van der Waals surface area contributed by atoms with Crippen molar-refractivity contribution in [2.45, 2.75) is 85.2 Å². The largest absolute Gasteiger partial charge is 0.393 e. The molecule has 0 aromatic heterocycles. The predicted molar refractivity (Wildman–Crippen MR) is 80.3 cm³/mol. The summed E-state index contributed by atoms with van der Waals surface area (Å²) >= 11 is 0. The zero-order valence-electron chi connectivity index (χ0n) is 13.5. The van der Waals surface area contributed by atoms with E-state index in [0.29, 0.717) is 12.8 Å². The molecule has 0 aromatic carbocycles. The van der Waals surface area contributed by atoms with E-state index in [4.69, 9.17) is 5.26 Å². The minimum atomic E-state index is -0.579. The number of carbonyl (C=O) groups excluding carboxylic acids is 1. The topological polar surface area (TPSA) is 66.8 Å². The molecule has 0 saturated heterocycles. The SMILES string of the molecule is CCCCCCCCC(C(=O)OO)C(C)(C)CC(C)O. The van der Waals surface area contributed by atoms with Crippen LogP contribution in [0.5, 0.6) is 0 Å². The molecule has 0 bridgehead atoms. The Labute approximate surface area is 123 Å². The molecule has 4 heteroatoms. The Kier molecular flexibility index (Phi) is 9.86. The number of aliphatic hydroxyl groups excluding tert-OH is 1. The molecular weight excluding hydrogens is 256 g/mol. The third-order valence-electron chi connectivity index (χ3n) is 3.99. The number of hydrogen-bond acceptors (Lipinski definition) is 4. The third-order valence-corrected chi connectivity index (χ3v) is 3.99. The van der Waals surface area contributed by atoms with Gasteiger partial charge in [-0.1, -0.05) is 59.3 Å². The first-order chi connectivity index (χ1) is 9.35. The molecule has 2 unspecified atom stereocenters. The summed E-state index contributed by atoms with van der Waals surface area (Å²) in [6.45, 7) is 7.79. The Hall–Kier alpha value is -0.610. The minimum Gasteiger partial charge on any atom is -0.393 e. The highest BCUT2D eigenvalue weighted by Crippen LogP contribution is 2.36. The average Bonchev–Trinajstić information content (AvgIpc) is 2.35. The second kappa shape index (κ2) is 10.2. The molecule has 2 N–H and O–H groups in total. The van der Waals surface area contributed by atoms with Gasteiger partial charge in [0.1, 0.15) is 0 Å². The Morgan fingerprint density at radius 2 is 1.70 bits per heavy atom. The van der Waals surface area contributed by atoms with Crippen molar-refractivity contribution >= 4 is 5.97 Å². The molecule has 0 saturated carbocycles. The first-order valence-corrected chi connectivity index (χ1v) is 7.88. The van der Waals surface area contributed by atoms with Crippen LogP contribution in [0.4, 0.5) is 0 Å². The number of carbonyl (C=O) groups is 1. The van der Waals surface area contributed by atoms with E-state index >= 15 is 0 Å². The quantitative estimate of drug-likeness (QED) is 0.340. The lowest BCUT2D eigenvalue weighted by Crippen LogP contribution is -2.34. The van der Waals surface area contributed by atoms with Crippen molar-refractivity contribution in [3.63, 3.8) is 0 Å². The Morgan fingerprint density at radius 1 is 1.15 bits per heavy atom. The maximum atomic E-state index is 11.8. The third kappa shape index (κ3) is 7.85. The van der Waals surface area contributed by atoms with E-state index in [0.717, 1.165) is 12.8 Å². The van der Waals surface area contributed by atoms with E-state index in [2.05, 4.69) is 11.8 Å². The average molecular weight is 288 g/mol. The summed E-state index contributed by atoms with van der Waals surface area (Å²) < 4.78 is 0. The van der Waals surface area contributed by atoms with Crippen LogP contribution in [0.1, 0.15) is 79.1 Å². The van der Waals surface area contributed by atoms with Gasteiger partial charge >= 0.3 is 5.97 Å². The molecule has 0 radical (unpaired) electrons. The highest BCUT2D eigenvalue weighted by atomic mass is 17.1. The molecular formula is C16H32O4. The summed E-state index contributed by atoms with van der Waals surface area (Å²) in [5.41, 5.74) is -0.378. The minimum absolute atomic E-state index is 0.367. The first-order valence-electron chi connectivity index (χ1n) is 7.88. The van der Waals surface area contributed by atoms with E-state index in [1.165, 1.54) is 25.7 Å². The normalized spacial score (nSPS) is 14.9. The van der Waals surface area contributed by atoms with Gasteiger partial charge in [0, 0.05) is 0 Å². The number of hydrogen-bond donors (Lipinski definition) is 2. The second-order valence-corrected chi connectivity index (χ2v) is 6.56. The van der Waals surface area contributed by atoms with Gasteiger partial charge in [0.15, 0.2) is 0 Å². The van der Waals surface area contributed by atoms with E-state index in [9.17, 15) is 9.90 Å². The van der Waals surface area contributed by atoms with E-state index < -0.39 is 12.1 Å². The summed E-state index contributed by atoms with van der Waals surface area (Å²) in [5, 5.41) is 18.2. The van der Waals surface area contributed by atoms with E-state index in [1.807, 2.05) is 13.8 Å². The smallest absolute Gasteiger partial charge is 0.345 e. The summed E-state index contributed by atoms with van der Waals surface area (Å²) in [5.74, 6) is -0.947. The predicted octanol–water partition coefficient (Wildman–Crippen LogP) is 4.17. The van der Waals surface area contributed by atoms with Crippen molar-refractivity contribution in [2.24, 2.45) is 11.3 Å². The van der Waals surface area contributed by atoms with Gasteiger partial charge in [-0.3, -0.25) is 0 Å². The van der Waals surface area contributed by atoms with E-state index in [-0.39, 0.29) is 11.3 Å². The molecule has 0 aromatic rings. The van der Waals surface area contributed by atoms with Crippen LogP contribution in [-0.2, 0) is 9.68 Å². The summed E-state index contributed by atoms with van der Waals surface area (Å²) in [4.78, 5) is 15.7. The maximum Gasteiger partial charge on any atom is 0.345 e. The molecule has 0 aliphatic carbocycles. The zero-order valence-corrected chi connectivity index (χ0v) is 13.5. The van der Waals surface area contributed by atoms with Gasteiger partial charge in [0.2, 0.25) is 0 Å². The van der Waals surface area contributed by atoms with Crippen molar-refractivity contribution in [1.29, 1.82) is 0 Å². The van der Waals surface area contributed by atoms with Crippen LogP contribution in [-0.4, -0.2) is 22.4 Å². The maximum absolute atomic E-state index is 11.8. The summed E-state index contributed by atoms with van der Waals surface area (Å²) in [6, 6.07) is 0. The van der Waals surface area contributed by atoms with Crippen LogP contribution in [0, 0.1) is 11.3 Å². The van der Waals surface area contributed by atoms with E-state index in [1.54, 1.807) is 6.92 Å². The van der Waals surface area contributed by atoms with Crippen molar-refractivity contribution in [3.8, 4) is 0 Å². The number of rotatable bonds is 11. The van der Waals surface area contributed by atoms with Crippen LogP contribution in [0.15, 0.2) is 0 Å². The molecule has 0 aliphatic heterocycles. The zero-order chi connectivity index (χ0) is 15.6. The van der Waals surface area contributed by atoms with Crippen molar-refractivity contribution in [3.05, 3.63) is 0 Å². The molecule has 0 aliphatic rings. The highest BCUT2D eigenvalue weighted by molar-refractivity contribution is 5.72. The van der Waals surface area contributed by atoms with Crippen LogP contribution in [0.25, 0.3) is 0 Å². The van der Waals surface area contributed by atoms with Gasteiger partial charge in [-0.2, -0.15) is 5.26 Å². The Balaban J connectivity index is 4.32. The fourth-order valence-corrected chi connectivity index (χ4v) is 2.92. The highest BCUT2D eigenvalue weighted by Gasteiger charge is 2.37. The van der Waals surface area contributed by atoms with Gasteiger partial charge in [0.05, 0.1) is 12.0 Å². The van der Waals surface area contributed by atoms with Crippen LogP contribution >= 0.6 is 0 Å². The number of aliphatic hydroxyl groups is 1. The molecule has 0 rings (SSSR count). The lowest BCUT2D eigenvalue weighted by Gasteiger charge is -2.33. The molecule has 20 heavy (non-hydrogen) atoms. The van der Waals surface area contributed by atoms with Gasteiger partial charge < -0.3 is 9.99 Å². The van der Waals surface area contributed by atoms with Crippen LogP contribution in [0.3, 0.4) is 0 Å². The first kappa shape index (κ1) is 19.4. The molecule has 2 atom stereocenters. The lowest BCUT2D eigenvalue weighted by atomic mass is 9.72. The second-order valence-electron chi connectivity index (χ2n) is 6.56. The molecule has 0 heterocycles. The lowest BCUT2D eigenvalue weighted by molar-refractivity contribution is -0.243. The molecule has 120 valence electrons. The van der Waals surface area contributed by atoms with Crippen molar-refractivity contribution in [1.82, 2.24) is 0 Å². The molecule has 0 amide bonds. The fourth-order valence-electron chi connectivity index (χ4n) is 2.92. The monoisotopic (exact) mass is 288 g/mol. The van der Waals surface area contributed by atoms with Gasteiger partial charge in [-0.05, 0) is 25.2 Å². The molecule has 0 spiro atoms. The van der Waals surface area contributed by atoms with Crippen LogP contribution < -0.4 is 0 Å². The Bertz CT molecular complexity index is 261. The standard InChI is InChI=1S/C16H32O4/c1-5-6-7-8-9-10-11-14(15(18)20-19)16(3,4)12-13(2)17/h13-14,17,19H,5-12H2,1-4H3. The number of unbranched alkanes of at least 4 members (excludes halogenated alkanes) is 5. The van der Waals surface area contributed by atoms with Crippen molar-refractivity contribution < 1.29 is 20.0 Å². The fraction of sp³-hybridized carbons (Fsp3) is 0.938. The van der Waals surface area contributed by atoms with Crippen molar-refractivity contribution in [2.75, 3.05) is 0 Å². The summed E-state index contributed by atoms with van der Waals surface area (Å²) in [6.07, 6.45) is 7.70. The van der Waals surface area contributed by atoms with Gasteiger partial charge in [-0.15, -0.1) is 0 Å². The summed E-state index contributed by atoms with van der Waals surface area (Å²) in [7, 11) is 0. The van der Waals surface area contributed by atoms with Gasteiger partial charge in [0.25, 0.3) is 0 Å². The molecule has 4 nitrogen and oxygen atoms in total. The molecule has 0 fully saturated rings.